The number of ether oxygens (including phenoxy) is 1. The van der Waals surface area contributed by atoms with Gasteiger partial charge in [0.05, 0.1) is 5.92 Å². The van der Waals surface area contributed by atoms with E-state index in [9.17, 15) is 9.59 Å². The lowest BCUT2D eigenvalue weighted by atomic mass is 9.81. The fraction of sp³-hybridized carbons (Fsp3) is 0.857. The Balaban J connectivity index is 1.76. The van der Waals surface area contributed by atoms with Crippen molar-refractivity contribution < 1.29 is 19.4 Å². The molecular weight excluding hydrogens is 246 g/mol. The van der Waals surface area contributed by atoms with Gasteiger partial charge in [0.25, 0.3) is 0 Å². The van der Waals surface area contributed by atoms with E-state index in [2.05, 4.69) is 5.32 Å². The molecule has 1 unspecified atom stereocenters. The van der Waals surface area contributed by atoms with E-state index in [-0.39, 0.29) is 23.8 Å². The molecule has 5 heteroatoms. The van der Waals surface area contributed by atoms with Gasteiger partial charge in [-0.2, -0.15) is 0 Å². The third-order valence-corrected chi connectivity index (χ3v) is 4.25. The number of hydrogen-bond donors (Lipinski definition) is 2. The van der Waals surface area contributed by atoms with Crippen molar-refractivity contribution in [2.75, 3.05) is 13.2 Å². The van der Waals surface area contributed by atoms with Crippen molar-refractivity contribution in [2.24, 2.45) is 11.8 Å². The smallest absolute Gasteiger partial charge is 0.306 e. The molecule has 2 fully saturated rings. The minimum atomic E-state index is -0.722. The molecule has 2 N–H and O–H groups in total. The van der Waals surface area contributed by atoms with Crippen LogP contribution in [0.4, 0.5) is 0 Å². The number of carbonyl (C=O) groups excluding carboxylic acids is 1. The Hall–Kier alpha value is -1.10. The molecular formula is C14H23NO4. The molecule has 1 aliphatic heterocycles. The van der Waals surface area contributed by atoms with Gasteiger partial charge in [0.2, 0.25) is 5.91 Å². The first kappa shape index (κ1) is 14.3. The lowest BCUT2D eigenvalue weighted by Crippen LogP contribution is -2.40. The van der Waals surface area contributed by atoms with Crippen LogP contribution in [0, 0.1) is 11.8 Å². The Bertz CT molecular complexity index is 315. The summed E-state index contributed by atoms with van der Waals surface area (Å²) >= 11 is 0. The zero-order valence-electron chi connectivity index (χ0n) is 11.3. The first-order valence-electron chi connectivity index (χ1n) is 7.27. The summed E-state index contributed by atoms with van der Waals surface area (Å²) in [6.07, 6.45) is 5.52. The second kappa shape index (κ2) is 6.89. The van der Waals surface area contributed by atoms with Crippen molar-refractivity contribution in [3.63, 3.8) is 0 Å². The van der Waals surface area contributed by atoms with E-state index in [0.29, 0.717) is 25.7 Å². The van der Waals surface area contributed by atoms with Crippen LogP contribution in [0.25, 0.3) is 0 Å². The number of rotatable bonds is 3. The van der Waals surface area contributed by atoms with Crippen LogP contribution in [0.5, 0.6) is 0 Å². The summed E-state index contributed by atoms with van der Waals surface area (Å²) in [5.41, 5.74) is 0. The molecule has 1 aliphatic carbocycles. The van der Waals surface area contributed by atoms with E-state index in [1.807, 2.05) is 0 Å². The molecule has 0 aromatic heterocycles. The van der Waals surface area contributed by atoms with Crippen molar-refractivity contribution in [3.8, 4) is 0 Å². The van der Waals surface area contributed by atoms with Crippen LogP contribution in [0.15, 0.2) is 0 Å². The predicted octanol–water partition coefficient (Wildman–Crippen LogP) is 1.56. The topological polar surface area (TPSA) is 75.6 Å². The summed E-state index contributed by atoms with van der Waals surface area (Å²) in [4.78, 5) is 23.0. The highest BCUT2D eigenvalue weighted by molar-refractivity contribution is 5.79. The van der Waals surface area contributed by atoms with E-state index in [1.54, 1.807) is 0 Å². The SMILES string of the molecule is O=C(O)C1CCC(C(=O)NC2CCCOCC2)CC1. The summed E-state index contributed by atoms with van der Waals surface area (Å²) in [5, 5.41) is 12.0. The molecule has 1 saturated heterocycles. The summed E-state index contributed by atoms with van der Waals surface area (Å²) in [6.45, 7) is 1.51. The average molecular weight is 269 g/mol. The fourth-order valence-corrected chi connectivity index (χ4v) is 2.97. The van der Waals surface area contributed by atoms with Gasteiger partial charge in [-0.1, -0.05) is 0 Å². The van der Waals surface area contributed by atoms with Crippen molar-refractivity contribution in [1.82, 2.24) is 5.32 Å². The first-order chi connectivity index (χ1) is 9.16. The maximum Gasteiger partial charge on any atom is 0.306 e. The van der Waals surface area contributed by atoms with Gasteiger partial charge in [-0.15, -0.1) is 0 Å². The second-order valence-corrected chi connectivity index (χ2v) is 5.64. The number of amides is 1. The molecule has 0 aromatic carbocycles. The monoisotopic (exact) mass is 269 g/mol. The van der Waals surface area contributed by atoms with E-state index in [0.717, 1.165) is 32.5 Å². The van der Waals surface area contributed by atoms with Gasteiger partial charge < -0.3 is 15.2 Å². The number of aliphatic carboxylic acids is 1. The maximum absolute atomic E-state index is 12.2. The molecule has 5 nitrogen and oxygen atoms in total. The molecule has 1 atom stereocenters. The Kier molecular flexibility index (Phi) is 5.19. The average Bonchev–Trinajstić information content (AvgIpc) is 2.67. The Morgan fingerprint density at radius 3 is 2.32 bits per heavy atom. The summed E-state index contributed by atoms with van der Waals surface area (Å²) in [6, 6.07) is 0.229. The second-order valence-electron chi connectivity index (χ2n) is 5.64. The van der Waals surface area contributed by atoms with Crippen molar-refractivity contribution >= 4 is 11.9 Å². The zero-order valence-corrected chi connectivity index (χ0v) is 11.3. The van der Waals surface area contributed by atoms with Gasteiger partial charge >= 0.3 is 5.97 Å². The van der Waals surface area contributed by atoms with Crippen LogP contribution in [0.3, 0.4) is 0 Å². The standard InChI is InChI=1S/C14H23NO4/c16-13(15-12-2-1-8-19-9-7-12)10-3-5-11(6-4-10)14(17)18/h10-12H,1-9H2,(H,15,16)(H,17,18). The highest BCUT2D eigenvalue weighted by atomic mass is 16.5. The Morgan fingerprint density at radius 1 is 0.947 bits per heavy atom. The van der Waals surface area contributed by atoms with Gasteiger partial charge in [-0.05, 0) is 44.9 Å². The third-order valence-electron chi connectivity index (χ3n) is 4.25. The number of carboxylic acids is 1. The molecule has 1 heterocycles. The minimum Gasteiger partial charge on any atom is -0.481 e. The van der Waals surface area contributed by atoms with Crippen LogP contribution < -0.4 is 5.32 Å². The molecule has 2 rings (SSSR count). The molecule has 0 radical (unpaired) electrons. The molecule has 0 aromatic rings. The third kappa shape index (κ3) is 4.20. The van der Waals surface area contributed by atoms with E-state index >= 15 is 0 Å². The van der Waals surface area contributed by atoms with Crippen LogP contribution >= 0.6 is 0 Å². The van der Waals surface area contributed by atoms with E-state index in [1.165, 1.54) is 0 Å². The molecule has 1 amide bonds. The lowest BCUT2D eigenvalue weighted by molar-refractivity contribution is -0.144. The molecule has 1 saturated carbocycles. The molecule has 0 bridgehead atoms. The summed E-state index contributed by atoms with van der Waals surface area (Å²) < 4.78 is 5.38. The maximum atomic E-state index is 12.2. The summed E-state index contributed by atoms with van der Waals surface area (Å²) in [7, 11) is 0. The van der Waals surface area contributed by atoms with Gasteiger partial charge in [0.15, 0.2) is 0 Å². The number of carboxylic acid groups (broad SMARTS) is 1. The van der Waals surface area contributed by atoms with Crippen molar-refractivity contribution in [2.45, 2.75) is 51.0 Å². The predicted molar refractivity (Wildman–Crippen MR) is 69.7 cm³/mol. The molecule has 19 heavy (non-hydrogen) atoms. The molecule has 2 aliphatic rings. The van der Waals surface area contributed by atoms with Gasteiger partial charge in [-0.25, -0.2) is 0 Å². The fourth-order valence-electron chi connectivity index (χ4n) is 2.97. The van der Waals surface area contributed by atoms with Gasteiger partial charge in [-0.3, -0.25) is 9.59 Å². The highest BCUT2D eigenvalue weighted by Crippen LogP contribution is 2.29. The largest absolute Gasteiger partial charge is 0.481 e. The van der Waals surface area contributed by atoms with Crippen LogP contribution in [0.2, 0.25) is 0 Å². The van der Waals surface area contributed by atoms with Crippen LogP contribution in [0.1, 0.15) is 44.9 Å². The van der Waals surface area contributed by atoms with Gasteiger partial charge in [0, 0.05) is 25.2 Å². The Morgan fingerprint density at radius 2 is 1.63 bits per heavy atom. The Labute approximate surface area is 113 Å². The summed E-state index contributed by atoms with van der Waals surface area (Å²) in [5.74, 6) is -0.870. The normalized spacial score (nSPS) is 32.3. The lowest BCUT2D eigenvalue weighted by Gasteiger charge is -2.27. The highest BCUT2D eigenvalue weighted by Gasteiger charge is 2.30. The number of carbonyl (C=O) groups is 2. The van der Waals surface area contributed by atoms with Crippen molar-refractivity contribution in [1.29, 1.82) is 0 Å². The molecule has 0 spiro atoms. The molecule has 108 valence electrons. The van der Waals surface area contributed by atoms with Crippen LogP contribution in [-0.2, 0) is 14.3 Å². The van der Waals surface area contributed by atoms with Gasteiger partial charge in [0.1, 0.15) is 0 Å². The zero-order chi connectivity index (χ0) is 13.7. The minimum absolute atomic E-state index is 0.000212. The number of nitrogens with one attached hydrogen (secondary N) is 1. The van der Waals surface area contributed by atoms with E-state index < -0.39 is 5.97 Å². The number of hydrogen-bond acceptors (Lipinski definition) is 3. The van der Waals surface area contributed by atoms with Crippen LogP contribution in [-0.4, -0.2) is 36.2 Å². The quantitative estimate of drug-likeness (QED) is 0.815. The van der Waals surface area contributed by atoms with Crippen molar-refractivity contribution in [3.05, 3.63) is 0 Å². The first-order valence-corrected chi connectivity index (χ1v) is 7.27. The van der Waals surface area contributed by atoms with E-state index in [4.69, 9.17) is 9.84 Å².